The van der Waals surface area contributed by atoms with Gasteiger partial charge in [-0.15, -0.1) is 5.10 Å². The lowest BCUT2D eigenvalue weighted by Crippen LogP contribution is -2.50. The van der Waals surface area contributed by atoms with Crippen LogP contribution in [0.4, 0.5) is 0 Å². The molecule has 0 saturated carbocycles. The van der Waals surface area contributed by atoms with E-state index in [4.69, 9.17) is 0 Å². The van der Waals surface area contributed by atoms with Gasteiger partial charge in [0.15, 0.2) is 0 Å². The number of benzene rings is 1. The standard InChI is InChI=1S/C19H21N7O2S/c27-18(15-2-1-3-17(12-15)26-14-21-22-23-26)20-5-6-24-7-9-25(10-8-24)19(28)16-4-11-29-13-16/h1-4,11-14H,5-10H2,(H,20,27). The summed E-state index contributed by atoms with van der Waals surface area (Å²) >= 11 is 1.54. The van der Waals surface area contributed by atoms with Crippen LogP contribution in [0.3, 0.4) is 0 Å². The van der Waals surface area contributed by atoms with Gasteiger partial charge in [-0.05, 0) is 40.1 Å². The summed E-state index contributed by atoms with van der Waals surface area (Å²) in [5.74, 6) is -0.0344. The molecule has 0 unspecified atom stereocenters. The third-order valence-electron chi connectivity index (χ3n) is 4.86. The number of hydrogen-bond acceptors (Lipinski definition) is 7. The molecule has 10 heteroatoms. The van der Waals surface area contributed by atoms with Gasteiger partial charge in [0.05, 0.1) is 11.3 Å². The number of tetrazole rings is 1. The number of hydrogen-bond donors (Lipinski definition) is 1. The van der Waals surface area contributed by atoms with E-state index in [-0.39, 0.29) is 11.8 Å². The summed E-state index contributed by atoms with van der Waals surface area (Å²) in [5.41, 5.74) is 2.05. The molecule has 150 valence electrons. The van der Waals surface area contributed by atoms with E-state index >= 15 is 0 Å². The number of nitrogens with zero attached hydrogens (tertiary/aromatic N) is 6. The molecule has 1 aliphatic heterocycles. The van der Waals surface area contributed by atoms with Crippen molar-refractivity contribution >= 4 is 23.2 Å². The second-order valence-corrected chi connectivity index (χ2v) is 7.49. The second kappa shape index (κ2) is 8.93. The highest BCUT2D eigenvalue weighted by Gasteiger charge is 2.22. The molecule has 9 nitrogen and oxygen atoms in total. The van der Waals surface area contributed by atoms with Crippen LogP contribution in [0, 0.1) is 0 Å². The summed E-state index contributed by atoms with van der Waals surface area (Å²) in [6, 6.07) is 9.02. The van der Waals surface area contributed by atoms with Gasteiger partial charge in [0.2, 0.25) is 0 Å². The minimum absolute atomic E-state index is 0.0988. The van der Waals surface area contributed by atoms with Crippen molar-refractivity contribution in [2.45, 2.75) is 0 Å². The number of nitrogens with one attached hydrogen (secondary N) is 1. The zero-order valence-electron chi connectivity index (χ0n) is 15.8. The molecule has 1 fully saturated rings. The molecule has 0 radical (unpaired) electrons. The molecule has 3 heterocycles. The number of carbonyl (C=O) groups is 2. The zero-order valence-corrected chi connectivity index (χ0v) is 16.6. The zero-order chi connectivity index (χ0) is 20.1. The molecule has 0 aliphatic carbocycles. The Hall–Kier alpha value is -3.11. The first-order chi connectivity index (χ1) is 14.2. The number of rotatable bonds is 6. The normalized spacial score (nSPS) is 14.7. The van der Waals surface area contributed by atoms with Crippen LogP contribution in [0.15, 0.2) is 47.4 Å². The third-order valence-corrected chi connectivity index (χ3v) is 5.55. The Kier molecular flexibility index (Phi) is 5.92. The van der Waals surface area contributed by atoms with Crippen molar-refractivity contribution in [3.63, 3.8) is 0 Å². The molecule has 1 N–H and O–H groups in total. The fraction of sp³-hybridized carbons (Fsp3) is 0.316. The minimum Gasteiger partial charge on any atom is -0.351 e. The van der Waals surface area contributed by atoms with Crippen LogP contribution in [0.25, 0.3) is 5.69 Å². The van der Waals surface area contributed by atoms with Gasteiger partial charge in [-0.25, -0.2) is 4.68 Å². The van der Waals surface area contributed by atoms with Crippen molar-refractivity contribution in [1.82, 2.24) is 35.3 Å². The monoisotopic (exact) mass is 411 g/mol. The van der Waals surface area contributed by atoms with Gasteiger partial charge in [0.25, 0.3) is 11.8 Å². The topological polar surface area (TPSA) is 96.2 Å². The number of piperazine rings is 1. The van der Waals surface area contributed by atoms with Crippen LogP contribution in [0.2, 0.25) is 0 Å². The SMILES string of the molecule is O=C(NCCN1CCN(C(=O)c2ccsc2)CC1)c1cccc(-n2cnnn2)c1. The van der Waals surface area contributed by atoms with Crippen molar-refractivity contribution in [2.75, 3.05) is 39.3 Å². The molecule has 29 heavy (non-hydrogen) atoms. The Morgan fingerprint density at radius 1 is 1.10 bits per heavy atom. The largest absolute Gasteiger partial charge is 0.351 e. The van der Waals surface area contributed by atoms with E-state index in [1.807, 2.05) is 27.8 Å². The first-order valence-corrected chi connectivity index (χ1v) is 10.3. The van der Waals surface area contributed by atoms with Crippen LogP contribution in [-0.2, 0) is 0 Å². The lowest BCUT2D eigenvalue weighted by Gasteiger charge is -2.34. The average Bonchev–Trinajstić information content (AvgIpc) is 3.48. The quantitative estimate of drug-likeness (QED) is 0.648. The van der Waals surface area contributed by atoms with Gasteiger partial charge in [-0.2, -0.15) is 11.3 Å². The highest BCUT2D eigenvalue weighted by Crippen LogP contribution is 2.12. The third kappa shape index (κ3) is 4.66. The summed E-state index contributed by atoms with van der Waals surface area (Å²) in [6.45, 7) is 4.32. The number of thiophene rings is 1. The van der Waals surface area contributed by atoms with Gasteiger partial charge in [-0.3, -0.25) is 14.5 Å². The Morgan fingerprint density at radius 3 is 2.69 bits per heavy atom. The fourth-order valence-electron chi connectivity index (χ4n) is 3.24. The van der Waals surface area contributed by atoms with Crippen LogP contribution in [0.1, 0.15) is 20.7 Å². The number of aromatic nitrogens is 4. The number of amides is 2. The van der Waals surface area contributed by atoms with E-state index in [0.29, 0.717) is 25.2 Å². The molecule has 0 bridgehead atoms. The van der Waals surface area contributed by atoms with Gasteiger partial charge in [0, 0.05) is 50.2 Å². The molecular formula is C19H21N7O2S. The molecule has 1 aliphatic rings. The second-order valence-electron chi connectivity index (χ2n) is 6.71. The Morgan fingerprint density at radius 2 is 1.97 bits per heavy atom. The average molecular weight is 411 g/mol. The Bertz CT molecular complexity index is 951. The van der Waals surface area contributed by atoms with Crippen LogP contribution in [-0.4, -0.2) is 81.1 Å². The fourth-order valence-corrected chi connectivity index (χ4v) is 3.87. The molecule has 4 rings (SSSR count). The number of carbonyl (C=O) groups excluding carboxylic acids is 2. The maximum absolute atomic E-state index is 12.4. The molecule has 0 atom stereocenters. The van der Waals surface area contributed by atoms with E-state index in [2.05, 4.69) is 25.7 Å². The maximum Gasteiger partial charge on any atom is 0.254 e. The van der Waals surface area contributed by atoms with Crippen LogP contribution in [0.5, 0.6) is 0 Å². The smallest absolute Gasteiger partial charge is 0.254 e. The summed E-state index contributed by atoms with van der Waals surface area (Å²) in [4.78, 5) is 29.0. The predicted octanol–water partition coefficient (Wildman–Crippen LogP) is 0.912. The molecule has 2 aromatic heterocycles. The van der Waals surface area contributed by atoms with Crippen molar-refractivity contribution in [1.29, 1.82) is 0 Å². The molecule has 1 aromatic carbocycles. The van der Waals surface area contributed by atoms with E-state index in [9.17, 15) is 9.59 Å². The van der Waals surface area contributed by atoms with Gasteiger partial charge in [-0.1, -0.05) is 6.07 Å². The predicted molar refractivity (Wildman–Crippen MR) is 108 cm³/mol. The lowest BCUT2D eigenvalue weighted by atomic mass is 10.2. The van der Waals surface area contributed by atoms with E-state index in [1.165, 1.54) is 22.3 Å². The maximum atomic E-state index is 12.4. The van der Waals surface area contributed by atoms with Crippen molar-refractivity contribution in [2.24, 2.45) is 0 Å². The summed E-state index contributed by atoms with van der Waals surface area (Å²) in [7, 11) is 0. The first kappa shape index (κ1) is 19.2. The van der Waals surface area contributed by atoms with Crippen LogP contribution >= 0.6 is 11.3 Å². The molecule has 1 saturated heterocycles. The van der Waals surface area contributed by atoms with Gasteiger partial charge >= 0.3 is 0 Å². The molecule has 3 aromatic rings. The van der Waals surface area contributed by atoms with E-state index in [0.717, 1.165) is 30.9 Å². The van der Waals surface area contributed by atoms with Crippen molar-refractivity contribution < 1.29 is 9.59 Å². The summed E-state index contributed by atoms with van der Waals surface area (Å²) in [6.07, 6.45) is 1.49. The van der Waals surface area contributed by atoms with Crippen molar-refractivity contribution in [3.8, 4) is 5.69 Å². The van der Waals surface area contributed by atoms with E-state index < -0.39 is 0 Å². The molecule has 2 amide bonds. The summed E-state index contributed by atoms with van der Waals surface area (Å²) < 4.78 is 1.51. The van der Waals surface area contributed by atoms with Crippen molar-refractivity contribution in [3.05, 3.63) is 58.5 Å². The lowest BCUT2D eigenvalue weighted by molar-refractivity contribution is 0.0638. The minimum atomic E-state index is -0.133. The summed E-state index contributed by atoms with van der Waals surface area (Å²) in [5, 5.41) is 17.8. The first-order valence-electron chi connectivity index (χ1n) is 9.36. The Balaban J connectivity index is 1.22. The van der Waals surface area contributed by atoms with Crippen LogP contribution < -0.4 is 5.32 Å². The molecule has 0 spiro atoms. The Labute approximate surface area is 171 Å². The van der Waals surface area contributed by atoms with Gasteiger partial charge in [0.1, 0.15) is 6.33 Å². The molecular weight excluding hydrogens is 390 g/mol. The van der Waals surface area contributed by atoms with Gasteiger partial charge < -0.3 is 10.2 Å². The highest BCUT2D eigenvalue weighted by molar-refractivity contribution is 7.08. The highest BCUT2D eigenvalue weighted by atomic mass is 32.1. The van der Waals surface area contributed by atoms with E-state index in [1.54, 1.807) is 18.2 Å².